The second kappa shape index (κ2) is 2.78. The summed E-state index contributed by atoms with van der Waals surface area (Å²) in [5.41, 5.74) is 1.79. The largest absolute Gasteiger partial charge is 0.324 e. The zero-order valence-electron chi connectivity index (χ0n) is 6.04. The monoisotopic (exact) mass is 243 g/mol. The van der Waals surface area contributed by atoms with Crippen LogP contribution < -0.4 is 5.32 Å². The van der Waals surface area contributed by atoms with Gasteiger partial charge in [-0.05, 0) is 27.6 Å². The number of fused-ring (bicyclic) bond motifs is 1. The van der Waals surface area contributed by atoms with Gasteiger partial charge in [-0.25, -0.2) is 0 Å². The molecule has 0 radical (unpaired) electrons. The fourth-order valence-corrected chi connectivity index (χ4v) is 1.99. The van der Waals surface area contributed by atoms with Crippen LogP contribution in [0, 0.1) is 0 Å². The molecule has 1 aliphatic rings. The minimum Gasteiger partial charge on any atom is -0.324 e. The normalized spacial score (nSPS) is 20.5. The molecule has 1 aliphatic heterocycles. The van der Waals surface area contributed by atoms with Gasteiger partial charge in [-0.2, -0.15) is 12.6 Å². The molecule has 0 aliphatic carbocycles. The number of nitrogens with one attached hydrogen (secondary N) is 1. The topological polar surface area (TPSA) is 29.1 Å². The van der Waals surface area contributed by atoms with Gasteiger partial charge >= 0.3 is 0 Å². The van der Waals surface area contributed by atoms with E-state index in [1.807, 2.05) is 18.2 Å². The lowest BCUT2D eigenvalue weighted by Gasteiger charge is -2.00. The number of rotatable bonds is 0. The Kier molecular flexibility index (Phi) is 1.88. The molecule has 1 aromatic carbocycles. The molecule has 1 heterocycles. The second-order valence-corrected chi connectivity index (χ2v) is 3.97. The van der Waals surface area contributed by atoms with Crippen LogP contribution in [0.25, 0.3) is 0 Å². The highest BCUT2D eigenvalue weighted by Gasteiger charge is 2.28. The summed E-state index contributed by atoms with van der Waals surface area (Å²) in [7, 11) is 0. The Bertz CT molecular complexity index is 353. The quantitative estimate of drug-likeness (QED) is 0.674. The molecule has 0 bridgehead atoms. The highest BCUT2D eigenvalue weighted by molar-refractivity contribution is 9.10. The molecule has 1 amide bonds. The van der Waals surface area contributed by atoms with Crippen LogP contribution in [0.15, 0.2) is 22.7 Å². The summed E-state index contributed by atoms with van der Waals surface area (Å²) in [5, 5.41) is 2.43. The molecule has 12 heavy (non-hydrogen) atoms. The Labute approximate surface area is 83.9 Å². The van der Waals surface area contributed by atoms with Crippen molar-refractivity contribution in [3.63, 3.8) is 0 Å². The van der Waals surface area contributed by atoms with Gasteiger partial charge in [0, 0.05) is 4.47 Å². The van der Waals surface area contributed by atoms with Crippen molar-refractivity contribution < 1.29 is 4.79 Å². The third-order valence-electron chi connectivity index (χ3n) is 1.84. The van der Waals surface area contributed by atoms with Crippen LogP contribution in [0.2, 0.25) is 0 Å². The molecule has 0 aromatic heterocycles. The van der Waals surface area contributed by atoms with E-state index in [0.717, 1.165) is 15.7 Å². The zero-order chi connectivity index (χ0) is 8.72. The number of hydrogen-bond donors (Lipinski definition) is 2. The van der Waals surface area contributed by atoms with Gasteiger partial charge in [0.2, 0.25) is 5.91 Å². The van der Waals surface area contributed by atoms with E-state index in [1.54, 1.807) is 0 Å². The van der Waals surface area contributed by atoms with Crippen molar-refractivity contribution in [1.29, 1.82) is 0 Å². The smallest absolute Gasteiger partial charge is 0.241 e. The molecule has 2 nitrogen and oxygen atoms in total. The van der Waals surface area contributed by atoms with Crippen molar-refractivity contribution in [1.82, 2.24) is 0 Å². The first-order valence-electron chi connectivity index (χ1n) is 3.47. The summed E-state index contributed by atoms with van der Waals surface area (Å²) in [5.74, 6) is -0.0553. The Balaban J connectivity index is 2.60. The van der Waals surface area contributed by atoms with Crippen molar-refractivity contribution in [2.45, 2.75) is 5.25 Å². The Morgan fingerprint density at radius 1 is 1.50 bits per heavy atom. The molecule has 1 unspecified atom stereocenters. The predicted octanol–water partition coefficient (Wildman–Crippen LogP) is 2.37. The lowest BCUT2D eigenvalue weighted by Crippen LogP contribution is -2.06. The van der Waals surface area contributed by atoms with Crippen molar-refractivity contribution in [3.05, 3.63) is 28.2 Å². The standard InChI is InChI=1S/C8H6BrNOS/c9-5-3-1-2-4-6(5)10-8(11)7(4)12/h1-3,7,12H,(H,10,11). The number of halogens is 1. The molecular formula is C8H6BrNOS. The Hall–Kier alpha value is -0.480. The zero-order valence-corrected chi connectivity index (χ0v) is 8.52. The van der Waals surface area contributed by atoms with E-state index in [1.165, 1.54) is 0 Å². The highest BCUT2D eigenvalue weighted by atomic mass is 79.9. The van der Waals surface area contributed by atoms with Crippen LogP contribution in [-0.2, 0) is 4.79 Å². The molecule has 1 N–H and O–H groups in total. The van der Waals surface area contributed by atoms with Crippen molar-refractivity contribution in [2.75, 3.05) is 5.32 Å². The van der Waals surface area contributed by atoms with Gasteiger partial charge in [-0.15, -0.1) is 0 Å². The summed E-state index contributed by atoms with van der Waals surface area (Å²) in [6.07, 6.45) is 0. The van der Waals surface area contributed by atoms with Crippen LogP contribution >= 0.6 is 28.6 Å². The van der Waals surface area contributed by atoms with Crippen molar-refractivity contribution in [3.8, 4) is 0 Å². The SMILES string of the molecule is O=C1Nc2c(Br)cccc2C1S. The van der Waals surface area contributed by atoms with E-state index in [0.29, 0.717) is 0 Å². The number of thiol groups is 1. The molecular weight excluding hydrogens is 238 g/mol. The van der Waals surface area contributed by atoms with Gasteiger partial charge in [0.05, 0.1) is 5.69 Å². The van der Waals surface area contributed by atoms with E-state index < -0.39 is 0 Å². The lowest BCUT2D eigenvalue weighted by molar-refractivity contribution is -0.115. The van der Waals surface area contributed by atoms with Gasteiger partial charge in [0.15, 0.2) is 0 Å². The van der Waals surface area contributed by atoms with Gasteiger partial charge in [-0.3, -0.25) is 4.79 Å². The van der Waals surface area contributed by atoms with Crippen LogP contribution in [0.5, 0.6) is 0 Å². The van der Waals surface area contributed by atoms with Crippen LogP contribution in [0.1, 0.15) is 10.8 Å². The maximum atomic E-state index is 11.2. The molecule has 0 saturated carbocycles. The molecule has 0 fully saturated rings. The van der Waals surface area contributed by atoms with Gasteiger partial charge in [-0.1, -0.05) is 12.1 Å². The molecule has 0 saturated heterocycles. The van der Waals surface area contributed by atoms with Crippen molar-refractivity contribution in [2.24, 2.45) is 0 Å². The molecule has 2 rings (SSSR count). The molecule has 0 spiro atoms. The fraction of sp³-hybridized carbons (Fsp3) is 0.125. The van der Waals surface area contributed by atoms with Crippen LogP contribution in [0.3, 0.4) is 0 Å². The average Bonchev–Trinajstić information content (AvgIpc) is 2.32. The number of hydrogen-bond acceptors (Lipinski definition) is 2. The van der Waals surface area contributed by atoms with Gasteiger partial charge < -0.3 is 5.32 Å². The third kappa shape index (κ3) is 1.06. The minimum atomic E-state index is -0.322. The number of anilines is 1. The first-order valence-corrected chi connectivity index (χ1v) is 4.78. The summed E-state index contributed by atoms with van der Waals surface area (Å²) in [6, 6.07) is 5.69. The first kappa shape index (κ1) is 8.13. The van der Waals surface area contributed by atoms with Crippen molar-refractivity contribution >= 4 is 40.2 Å². The maximum absolute atomic E-state index is 11.2. The number of para-hydroxylation sites is 1. The molecule has 1 atom stereocenters. The highest BCUT2D eigenvalue weighted by Crippen LogP contribution is 2.39. The van der Waals surface area contributed by atoms with E-state index >= 15 is 0 Å². The van der Waals surface area contributed by atoms with Crippen LogP contribution in [-0.4, -0.2) is 5.91 Å². The number of carbonyl (C=O) groups is 1. The average molecular weight is 244 g/mol. The maximum Gasteiger partial charge on any atom is 0.241 e. The summed E-state index contributed by atoms with van der Waals surface area (Å²) < 4.78 is 0.907. The van der Waals surface area contributed by atoms with E-state index in [4.69, 9.17) is 0 Å². The fourth-order valence-electron chi connectivity index (χ4n) is 1.23. The Morgan fingerprint density at radius 2 is 2.25 bits per heavy atom. The molecule has 4 heteroatoms. The van der Waals surface area contributed by atoms with E-state index in [-0.39, 0.29) is 11.2 Å². The predicted molar refractivity (Wildman–Crippen MR) is 54.5 cm³/mol. The third-order valence-corrected chi connectivity index (χ3v) is 3.01. The first-order chi connectivity index (χ1) is 5.70. The molecule has 1 aromatic rings. The second-order valence-electron chi connectivity index (χ2n) is 2.60. The van der Waals surface area contributed by atoms with Gasteiger partial charge in [0.25, 0.3) is 0 Å². The van der Waals surface area contributed by atoms with Crippen LogP contribution in [0.4, 0.5) is 5.69 Å². The summed E-state index contributed by atoms with van der Waals surface area (Å²) >= 11 is 7.53. The Morgan fingerprint density at radius 3 is 2.92 bits per heavy atom. The number of carbonyl (C=O) groups excluding carboxylic acids is 1. The van der Waals surface area contributed by atoms with Gasteiger partial charge in [0.1, 0.15) is 5.25 Å². The molecule has 62 valence electrons. The number of benzene rings is 1. The lowest BCUT2D eigenvalue weighted by atomic mass is 10.2. The van der Waals surface area contributed by atoms with E-state index in [2.05, 4.69) is 33.9 Å². The summed E-state index contributed by atoms with van der Waals surface area (Å²) in [6.45, 7) is 0. The minimum absolute atomic E-state index is 0.0553. The number of amides is 1. The van der Waals surface area contributed by atoms with E-state index in [9.17, 15) is 4.79 Å². The summed E-state index contributed by atoms with van der Waals surface area (Å²) in [4.78, 5) is 11.2.